The highest BCUT2D eigenvalue weighted by Gasteiger charge is 2.05. The van der Waals surface area contributed by atoms with Gasteiger partial charge in [0.05, 0.1) is 12.2 Å². The number of aromatic carboxylic acids is 1. The van der Waals surface area contributed by atoms with E-state index < -0.39 is 5.97 Å². The zero-order valence-electron chi connectivity index (χ0n) is 14.2. The predicted molar refractivity (Wildman–Crippen MR) is 99.1 cm³/mol. The molecule has 0 aliphatic heterocycles. The average molecular weight is 352 g/mol. The number of unbranched alkanes of at least 4 members (excludes halogenated alkanes) is 1. The van der Waals surface area contributed by atoms with Crippen LogP contribution in [-0.2, 0) is 6.42 Å². The number of carboxylic acids is 1. The molecule has 0 heterocycles. The quantitative estimate of drug-likeness (QED) is 0.435. The van der Waals surface area contributed by atoms with Crippen molar-refractivity contribution < 1.29 is 24.9 Å². The zero-order chi connectivity index (χ0) is 18.5. The standard InChI is InChI=1S/C21H20O5/c22-19-9-4-14(11-20(19)23)3-1-2-10-26-18-8-7-15-12-17(21(24)25)6-5-16(15)13-18/h4-9,11-13,22-23H,1-3,10H2,(H,24,25). The Kier molecular flexibility index (Phi) is 5.27. The number of phenolic OH excluding ortho intramolecular Hbond substituents is 2. The van der Waals surface area contributed by atoms with Gasteiger partial charge in [0.2, 0.25) is 0 Å². The Morgan fingerprint density at radius 2 is 1.62 bits per heavy atom. The molecule has 0 radical (unpaired) electrons. The number of phenols is 2. The van der Waals surface area contributed by atoms with E-state index in [1.54, 1.807) is 30.3 Å². The summed E-state index contributed by atoms with van der Waals surface area (Å²) in [6.07, 6.45) is 2.56. The molecule has 3 rings (SSSR count). The third-order valence-electron chi connectivity index (χ3n) is 4.23. The topological polar surface area (TPSA) is 87.0 Å². The van der Waals surface area contributed by atoms with E-state index in [1.165, 1.54) is 6.07 Å². The largest absolute Gasteiger partial charge is 0.504 e. The lowest BCUT2D eigenvalue weighted by Gasteiger charge is -2.08. The van der Waals surface area contributed by atoms with Crippen LogP contribution >= 0.6 is 0 Å². The number of carbonyl (C=O) groups is 1. The second kappa shape index (κ2) is 7.78. The van der Waals surface area contributed by atoms with Crippen molar-refractivity contribution in [3.63, 3.8) is 0 Å². The zero-order valence-corrected chi connectivity index (χ0v) is 14.2. The summed E-state index contributed by atoms with van der Waals surface area (Å²) in [5.74, 6) is -0.387. The minimum absolute atomic E-state index is 0.0963. The molecular weight excluding hydrogens is 332 g/mol. The number of ether oxygens (including phenoxy) is 1. The lowest BCUT2D eigenvalue weighted by Crippen LogP contribution is -1.99. The number of aryl methyl sites for hydroxylation is 1. The van der Waals surface area contributed by atoms with Crippen LogP contribution in [0.5, 0.6) is 17.2 Å². The lowest BCUT2D eigenvalue weighted by molar-refractivity contribution is 0.0697. The van der Waals surface area contributed by atoms with Gasteiger partial charge in [0.25, 0.3) is 0 Å². The van der Waals surface area contributed by atoms with E-state index in [4.69, 9.17) is 9.84 Å². The van der Waals surface area contributed by atoms with Crippen molar-refractivity contribution in [3.8, 4) is 17.2 Å². The maximum atomic E-state index is 11.0. The van der Waals surface area contributed by atoms with Gasteiger partial charge in [-0.25, -0.2) is 4.79 Å². The molecule has 0 bridgehead atoms. The van der Waals surface area contributed by atoms with Crippen molar-refractivity contribution >= 4 is 16.7 Å². The molecule has 0 unspecified atom stereocenters. The molecule has 134 valence electrons. The third-order valence-corrected chi connectivity index (χ3v) is 4.23. The van der Waals surface area contributed by atoms with E-state index in [-0.39, 0.29) is 17.1 Å². The van der Waals surface area contributed by atoms with Crippen molar-refractivity contribution in [2.45, 2.75) is 19.3 Å². The molecule has 3 aromatic carbocycles. The first-order valence-corrected chi connectivity index (χ1v) is 8.44. The predicted octanol–water partition coefficient (Wildman–Crippen LogP) is 4.35. The van der Waals surface area contributed by atoms with Crippen LogP contribution in [0.1, 0.15) is 28.8 Å². The Balaban J connectivity index is 1.50. The number of hydrogen-bond acceptors (Lipinski definition) is 4. The number of aromatic hydroxyl groups is 2. The van der Waals surface area contributed by atoms with Gasteiger partial charge in [0.15, 0.2) is 11.5 Å². The highest BCUT2D eigenvalue weighted by atomic mass is 16.5. The van der Waals surface area contributed by atoms with E-state index in [9.17, 15) is 15.0 Å². The summed E-state index contributed by atoms with van der Waals surface area (Å²) in [5, 5.41) is 29.6. The molecule has 0 saturated heterocycles. The Morgan fingerprint density at radius 1 is 0.846 bits per heavy atom. The molecule has 0 saturated carbocycles. The second-order valence-electron chi connectivity index (χ2n) is 6.16. The van der Waals surface area contributed by atoms with Gasteiger partial charge in [0, 0.05) is 0 Å². The van der Waals surface area contributed by atoms with Gasteiger partial charge in [0.1, 0.15) is 5.75 Å². The molecular formula is C21H20O5. The molecule has 0 amide bonds. The molecule has 0 spiro atoms. The Morgan fingerprint density at radius 3 is 2.38 bits per heavy atom. The van der Waals surface area contributed by atoms with Crippen LogP contribution in [0.25, 0.3) is 10.8 Å². The summed E-state index contributed by atoms with van der Waals surface area (Å²) in [5.41, 5.74) is 1.24. The van der Waals surface area contributed by atoms with Crippen LogP contribution in [-0.4, -0.2) is 27.9 Å². The fraction of sp³-hybridized carbons (Fsp3) is 0.190. The van der Waals surface area contributed by atoms with E-state index in [2.05, 4.69) is 0 Å². The van der Waals surface area contributed by atoms with E-state index in [0.29, 0.717) is 6.61 Å². The summed E-state index contributed by atoms with van der Waals surface area (Å²) >= 11 is 0. The second-order valence-corrected chi connectivity index (χ2v) is 6.16. The summed E-state index contributed by atoms with van der Waals surface area (Å²) < 4.78 is 5.77. The highest BCUT2D eigenvalue weighted by Crippen LogP contribution is 2.26. The number of fused-ring (bicyclic) bond motifs is 1. The fourth-order valence-electron chi connectivity index (χ4n) is 2.79. The average Bonchev–Trinajstić information content (AvgIpc) is 2.63. The van der Waals surface area contributed by atoms with Crippen LogP contribution in [0.4, 0.5) is 0 Å². The van der Waals surface area contributed by atoms with Gasteiger partial charge in [-0.3, -0.25) is 0 Å². The highest BCUT2D eigenvalue weighted by molar-refractivity contribution is 5.94. The first-order chi connectivity index (χ1) is 12.5. The van der Waals surface area contributed by atoms with Crippen molar-refractivity contribution in [1.29, 1.82) is 0 Å². The van der Waals surface area contributed by atoms with Gasteiger partial charge in [-0.15, -0.1) is 0 Å². The fourth-order valence-corrected chi connectivity index (χ4v) is 2.79. The third kappa shape index (κ3) is 4.25. The van der Waals surface area contributed by atoms with Gasteiger partial charge in [-0.05, 0) is 72.0 Å². The van der Waals surface area contributed by atoms with Gasteiger partial charge < -0.3 is 20.1 Å². The lowest BCUT2D eigenvalue weighted by atomic mass is 10.1. The minimum atomic E-state index is -0.936. The van der Waals surface area contributed by atoms with Crippen LogP contribution in [0.2, 0.25) is 0 Å². The van der Waals surface area contributed by atoms with Crippen LogP contribution in [0, 0.1) is 0 Å². The number of rotatable bonds is 7. The maximum Gasteiger partial charge on any atom is 0.335 e. The van der Waals surface area contributed by atoms with Gasteiger partial charge in [-0.1, -0.05) is 18.2 Å². The van der Waals surface area contributed by atoms with Crippen molar-refractivity contribution in [2.24, 2.45) is 0 Å². The van der Waals surface area contributed by atoms with E-state index >= 15 is 0 Å². The Labute approximate surface area is 151 Å². The van der Waals surface area contributed by atoms with E-state index in [0.717, 1.165) is 41.3 Å². The molecule has 3 N–H and O–H groups in total. The smallest absolute Gasteiger partial charge is 0.335 e. The monoisotopic (exact) mass is 352 g/mol. The molecule has 5 nitrogen and oxygen atoms in total. The summed E-state index contributed by atoms with van der Waals surface area (Å²) in [6, 6.07) is 15.5. The van der Waals surface area contributed by atoms with Crippen molar-refractivity contribution in [1.82, 2.24) is 0 Å². The molecule has 0 aliphatic carbocycles. The minimum Gasteiger partial charge on any atom is -0.504 e. The molecule has 0 atom stereocenters. The molecule has 0 fully saturated rings. The van der Waals surface area contributed by atoms with Crippen molar-refractivity contribution in [3.05, 3.63) is 65.7 Å². The van der Waals surface area contributed by atoms with E-state index in [1.807, 2.05) is 18.2 Å². The molecule has 5 heteroatoms. The SMILES string of the molecule is O=C(O)c1ccc2cc(OCCCCc3ccc(O)c(O)c3)ccc2c1. The number of benzene rings is 3. The first kappa shape index (κ1) is 17.6. The molecule has 3 aromatic rings. The van der Waals surface area contributed by atoms with Crippen LogP contribution in [0.3, 0.4) is 0 Å². The maximum absolute atomic E-state index is 11.0. The van der Waals surface area contributed by atoms with Gasteiger partial charge >= 0.3 is 5.97 Å². The van der Waals surface area contributed by atoms with Crippen LogP contribution < -0.4 is 4.74 Å². The van der Waals surface area contributed by atoms with Crippen molar-refractivity contribution in [2.75, 3.05) is 6.61 Å². The summed E-state index contributed by atoms with van der Waals surface area (Å²) in [6.45, 7) is 0.572. The Bertz CT molecular complexity index is 933. The van der Waals surface area contributed by atoms with Crippen LogP contribution in [0.15, 0.2) is 54.6 Å². The normalized spacial score (nSPS) is 10.8. The molecule has 0 aromatic heterocycles. The van der Waals surface area contributed by atoms with Gasteiger partial charge in [-0.2, -0.15) is 0 Å². The summed E-state index contributed by atoms with van der Waals surface area (Å²) in [4.78, 5) is 11.0. The number of carboxylic acid groups (broad SMARTS) is 1. The summed E-state index contributed by atoms with van der Waals surface area (Å²) in [7, 11) is 0. The molecule has 0 aliphatic rings. The number of hydrogen-bond donors (Lipinski definition) is 3. The Hall–Kier alpha value is -3.21. The molecule has 26 heavy (non-hydrogen) atoms. The first-order valence-electron chi connectivity index (χ1n) is 8.44.